The van der Waals surface area contributed by atoms with Gasteiger partial charge in [0, 0.05) is 30.2 Å². The Bertz CT molecular complexity index is 1290. The van der Waals surface area contributed by atoms with E-state index in [0.29, 0.717) is 42.3 Å². The third-order valence-electron chi connectivity index (χ3n) is 6.73. The first-order valence-corrected chi connectivity index (χ1v) is 12.6. The van der Waals surface area contributed by atoms with Crippen molar-refractivity contribution in [3.63, 3.8) is 0 Å². The summed E-state index contributed by atoms with van der Waals surface area (Å²) < 4.78 is 27.6. The van der Waals surface area contributed by atoms with Gasteiger partial charge < -0.3 is 15.5 Å². The van der Waals surface area contributed by atoms with E-state index in [4.69, 9.17) is 23.2 Å². The van der Waals surface area contributed by atoms with Crippen LogP contribution in [0.5, 0.6) is 0 Å². The van der Waals surface area contributed by atoms with Crippen LogP contribution >= 0.6 is 23.2 Å². The normalized spacial score (nSPS) is 18.1. The number of amides is 2. The van der Waals surface area contributed by atoms with Crippen molar-refractivity contribution in [3.05, 3.63) is 92.5 Å². The van der Waals surface area contributed by atoms with Crippen molar-refractivity contribution in [2.45, 2.75) is 44.3 Å². The topological polar surface area (TPSA) is 70.2 Å². The van der Waals surface area contributed by atoms with Gasteiger partial charge in [0.15, 0.2) is 0 Å². The standard InChI is InChI=1S/C26H25Cl2F2N5O/c27-19-6-4-16(10-21(19)30)25(22-2-1-8-31-22)34-26(36)35-9-7-17-13-32-24(33-23(17)14-35)11-15-3-5-18(29)12-20(15)28/h3-6,10,12-13,22,25,31H,1-2,7-9,11,14H2,(H,34,36)/t22-,25-/m0/s1. The molecule has 3 aromatic rings. The van der Waals surface area contributed by atoms with Crippen molar-refractivity contribution in [1.82, 2.24) is 25.5 Å². The van der Waals surface area contributed by atoms with Crippen molar-refractivity contribution < 1.29 is 13.6 Å². The van der Waals surface area contributed by atoms with Gasteiger partial charge in [-0.1, -0.05) is 35.3 Å². The fourth-order valence-electron chi connectivity index (χ4n) is 4.78. The lowest BCUT2D eigenvalue weighted by molar-refractivity contribution is 0.184. The molecule has 2 amide bonds. The molecule has 0 aliphatic carbocycles. The van der Waals surface area contributed by atoms with Crippen LogP contribution in [0.4, 0.5) is 13.6 Å². The summed E-state index contributed by atoms with van der Waals surface area (Å²) in [5.74, 6) is -0.359. The third-order valence-corrected chi connectivity index (χ3v) is 7.39. The first-order chi connectivity index (χ1) is 17.4. The Morgan fingerprint density at radius 3 is 2.81 bits per heavy atom. The fourth-order valence-corrected chi connectivity index (χ4v) is 5.13. The minimum Gasteiger partial charge on any atom is -0.330 e. The second-order valence-corrected chi connectivity index (χ2v) is 9.96. The summed E-state index contributed by atoms with van der Waals surface area (Å²) in [6.07, 6.45) is 4.63. The zero-order valence-electron chi connectivity index (χ0n) is 19.4. The number of urea groups is 1. The molecular formula is C26H25Cl2F2N5O. The molecule has 2 atom stereocenters. The number of benzene rings is 2. The molecule has 0 radical (unpaired) electrons. The van der Waals surface area contributed by atoms with Gasteiger partial charge in [0.1, 0.15) is 17.5 Å². The number of halogens is 4. The largest absolute Gasteiger partial charge is 0.330 e. The highest BCUT2D eigenvalue weighted by Gasteiger charge is 2.31. The molecule has 0 bridgehead atoms. The predicted octanol–water partition coefficient (Wildman–Crippen LogP) is 5.21. The van der Waals surface area contributed by atoms with Crippen molar-refractivity contribution in [3.8, 4) is 0 Å². The number of rotatable bonds is 5. The molecule has 1 saturated heterocycles. The Balaban J connectivity index is 1.31. The maximum Gasteiger partial charge on any atom is 0.318 e. The van der Waals surface area contributed by atoms with Crippen molar-refractivity contribution in [2.75, 3.05) is 13.1 Å². The molecule has 6 nitrogen and oxygen atoms in total. The van der Waals surface area contributed by atoms with Gasteiger partial charge >= 0.3 is 6.03 Å². The summed E-state index contributed by atoms with van der Waals surface area (Å²) in [6, 6.07) is 8.27. The van der Waals surface area contributed by atoms with E-state index in [1.165, 1.54) is 24.3 Å². The smallest absolute Gasteiger partial charge is 0.318 e. The van der Waals surface area contributed by atoms with Crippen LogP contribution in [0.1, 0.15) is 47.1 Å². The van der Waals surface area contributed by atoms with E-state index in [-0.39, 0.29) is 17.1 Å². The van der Waals surface area contributed by atoms with Crippen LogP contribution in [0.3, 0.4) is 0 Å². The number of aromatic nitrogens is 2. The number of carbonyl (C=O) groups is 1. The summed E-state index contributed by atoms with van der Waals surface area (Å²) in [6.45, 7) is 1.70. The minimum absolute atomic E-state index is 0.000914. The van der Waals surface area contributed by atoms with Crippen molar-refractivity contribution in [1.29, 1.82) is 0 Å². The Hall–Kier alpha value is -2.81. The molecule has 0 unspecified atom stereocenters. The van der Waals surface area contributed by atoms with Crippen LogP contribution in [-0.4, -0.2) is 40.0 Å². The average Bonchev–Trinajstić information content (AvgIpc) is 3.40. The monoisotopic (exact) mass is 531 g/mol. The molecule has 2 aliphatic heterocycles. The molecular weight excluding hydrogens is 507 g/mol. The molecule has 1 aromatic heterocycles. The van der Waals surface area contributed by atoms with Gasteiger partial charge in [0.25, 0.3) is 0 Å². The van der Waals surface area contributed by atoms with Gasteiger partial charge in [-0.2, -0.15) is 0 Å². The summed E-state index contributed by atoms with van der Waals surface area (Å²) >= 11 is 12.0. The van der Waals surface area contributed by atoms with E-state index in [1.807, 2.05) is 0 Å². The highest BCUT2D eigenvalue weighted by atomic mass is 35.5. The van der Waals surface area contributed by atoms with Crippen LogP contribution in [0, 0.1) is 11.6 Å². The minimum atomic E-state index is -0.510. The highest BCUT2D eigenvalue weighted by Crippen LogP contribution is 2.27. The predicted molar refractivity (Wildman–Crippen MR) is 134 cm³/mol. The number of hydrogen-bond donors (Lipinski definition) is 2. The van der Waals surface area contributed by atoms with E-state index in [1.54, 1.807) is 23.2 Å². The number of carbonyl (C=O) groups excluding carboxylic acids is 1. The molecule has 0 spiro atoms. The summed E-state index contributed by atoms with van der Waals surface area (Å²) in [5, 5.41) is 6.89. The number of nitrogens with one attached hydrogen (secondary N) is 2. The Kier molecular flexibility index (Phi) is 7.37. The first-order valence-electron chi connectivity index (χ1n) is 11.9. The van der Waals surface area contributed by atoms with Crippen LogP contribution in [0.2, 0.25) is 10.0 Å². The second-order valence-electron chi connectivity index (χ2n) is 9.15. The maximum atomic E-state index is 14.2. The molecule has 36 heavy (non-hydrogen) atoms. The van der Waals surface area contributed by atoms with Crippen molar-refractivity contribution >= 4 is 29.2 Å². The second kappa shape index (κ2) is 10.7. The van der Waals surface area contributed by atoms with E-state index in [9.17, 15) is 13.6 Å². The van der Waals surface area contributed by atoms with E-state index < -0.39 is 17.7 Å². The lowest BCUT2D eigenvalue weighted by atomic mass is 9.98. The van der Waals surface area contributed by atoms with Crippen LogP contribution in [0.15, 0.2) is 42.6 Å². The highest BCUT2D eigenvalue weighted by molar-refractivity contribution is 6.31. The lowest BCUT2D eigenvalue weighted by Gasteiger charge is -2.32. The van der Waals surface area contributed by atoms with Gasteiger partial charge in [-0.05, 0) is 66.8 Å². The SMILES string of the molecule is O=C(N[C@@H](c1ccc(Cl)c(F)c1)[C@@H]1CCCN1)N1CCc2cnc(Cc3ccc(F)cc3Cl)nc2C1. The Morgan fingerprint density at radius 2 is 2.06 bits per heavy atom. The number of fused-ring (bicyclic) bond motifs is 1. The van der Waals surface area contributed by atoms with Gasteiger partial charge in [-0.3, -0.25) is 0 Å². The zero-order valence-corrected chi connectivity index (χ0v) is 20.9. The zero-order chi connectivity index (χ0) is 25.2. The van der Waals surface area contributed by atoms with Crippen LogP contribution in [-0.2, 0) is 19.4 Å². The summed E-state index contributed by atoms with van der Waals surface area (Å²) in [5.41, 5.74) is 3.16. The molecule has 0 saturated carbocycles. The van der Waals surface area contributed by atoms with Crippen molar-refractivity contribution in [2.24, 2.45) is 0 Å². The van der Waals surface area contributed by atoms with Gasteiger partial charge in [0.05, 0.1) is 23.3 Å². The fraction of sp³-hybridized carbons (Fsp3) is 0.346. The average molecular weight is 532 g/mol. The molecule has 5 rings (SSSR count). The molecule has 2 aliphatic rings. The van der Waals surface area contributed by atoms with E-state index in [0.717, 1.165) is 36.2 Å². The number of hydrogen-bond acceptors (Lipinski definition) is 4. The maximum absolute atomic E-state index is 14.2. The molecule has 2 aromatic carbocycles. The van der Waals surface area contributed by atoms with Crippen LogP contribution < -0.4 is 10.6 Å². The quantitative estimate of drug-likeness (QED) is 0.473. The summed E-state index contributed by atoms with van der Waals surface area (Å²) in [4.78, 5) is 24.1. The van der Waals surface area contributed by atoms with E-state index in [2.05, 4.69) is 20.6 Å². The van der Waals surface area contributed by atoms with Gasteiger partial charge in [0.2, 0.25) is 0 Å². The Morgan fingerprint density at radius 1 is 1.19 bits per heavy atom. The first kappa shape index (κ1) is 24.9. The number of nitrogens with zero attached hydrogens (tertiary/aromatic N) is 3. The third kappa shape index (κ3) is 5.45. The lowest BCUT2D eigenvalue weighted by Crippen LogP contribution is -2.48. The molecule has 1 fully saturated rings. The van der Waals surface area contributed by atoms with Crippen LogP contribution in [0.25, 0.3) is 0 Å². The molecule has 2 N–H and O–H groups in total. The summed E-state index contributed by atoms with van der Waals surface area (Å²) in [7, 11) is 0. The molecule has 3 heterocycles. The van der Waals surface area contributed by atoms with Gasteiger partial charge in [-0.15, -0.1) is 0 Å². The molecule has 188 valence electrons. The van der Waals surface area contributed by atoms with Gasteiger partial charge in [-0.25, -0.2) is 23.5 Å². The van der Waals surface area contributed by atoms with E-state index >= 15 is 0 Å². The Labute approximate surface area is 218 Å². The molecule has 10 heteroatoms.